The number of urea groups is 1. The number of ether oxygens (including phenoxy) is 1. The van der Waals surface area contributed by atoms with Crippen LogP contribution in [0.25, 0.3) is 0 Å². The van der Waals surface area contributed by atoms with Gasteiger partial charge in [-0.15, -0.1) is 0 Å². The summed E-state index contributed by atoms with van der Waals surface area (Å²) in [4.78, 5) is 24.5. The average molecular weight is 320 g/mol. The zero-order chi connectivity index (χ0) is 16.7. The predicted molar refractivity (Wildman–Crippen MR) is 86.6 cm³/mol. The third kappa shape index (κ3) is 5.16. The molecule has 126 valence electrons. The highest BCUT2D eigenvalue weighted by molar-refractivity contribution is 5.77. The molecule has 6 nitrogen and oxygen atoms in total. The number of nitrogens with one attached hydrogen (secondary N) is 1. The van der Waals surface area contributed by atoms with Gasteiger partial charge in [-0.05, 0) is 37.0 Å². The van der Waals surface area contributed by atoms with Crippen molar-refractivity contribution in [3.63, 3.8) is 0 Å². The molecule has 2 amide bonds. The van der Waals surface area contributed by atoms with Crippen molar-refractivity contribution in [2.75, 3.05) is 26.2 Å². The highest BCUT2D eigenvalue weighted by atomic mass is 16.5. The van der Waals surface area contributed by atoms with Gasteiger partial charge >= 0.3 is 12.0 Å². The smallest absolute Gasteiger partial charge is 0.317 e. The van der Waals surface area contributed by atoms with E-state index in [1.165, 1.54) is 0 Å². The van der Waals surface area contributed by atoms with Gasteiger partial charge in [0.2, 0.25) is 0 Å². The summed E-state index contributed by atoms with van der Waals surface area (Å²) in [5.74, 6) is -0.420. The Balaban J connectivity index is 1.74. The van der Waals surface area contributed by atoms with E-state index < -0.39 is 11.9 Å². The minimum atomic E-state index is -0.829. The van der Waals surface area contributed by atoms with Gasteiger partial charge in [-0.25, -0.2) is 4.79 Å². The Kier molecular flexibility index (Phi) is 6.26. The van der Waals surface area contributed by atoms with Gasteiger partial charge in [0.25, 0.3) is 0 Å². The van der Waals surface area contributed by atoms with E-state index in [0.717, 1.165) is 17.7 Å². The zero-order valence-corrected chi connectivity index (χ0v) is 13.5. The normalized spacial score (nSPS) is 17.1. The Hall–Kier alpha value is -2.24. The predicted octanol–water partition coefficient (Wildman–Crippen LogP) is 2.13. The number of hydrogen-bond acceptors (Lipinski definition) is 3. The molecule has 1 fully saturated rings. The molecular formula is C17H24N2O4. The number of hydrogen-bond donors (Lipinski definition) is 2. The summed E-state index contributed by atoms with van der Waals surface area (Å²) < 4.78 is 5.59. The Bertz CT molecular complexity index is 547. The number of likely N-dealkylation sites (tertiary alicyclic amines) is 1. The first kappa shape index (κ1) is 17.1. The van der Waals surface area contributed by atoms with Gasteiger partial charge in [-0.2, -0.15) is 0 Å². The average Bonchev–Trinajstić information content (AvgIpc) is 3.03. The van der Waals surface area contributed by atoms with Crippen LogP contribution in [0.4, 0.5) is 4.79 Å². The number of benzene rings is 1. The molecule has 1 aromatic rings. The molecule has 0 spiro atoms. The van der Waals surface area contributed by atoms with E-state index in [4.69, 9.17) is 9.84 Å². The second-order valence-corrected chi connectivity index (χ2v) is 5.75. The maximum absolute atomic E-state index is 12.0. The molecule has 1 aliphatic heterocycles. The van der Waals surface area contributed by atoms with Crippen molar-refractivity contribution in [3.05, 3.63) is 29.8 Å². The first-order chi connectivity index (χ1) is 11.1. The van der Waals surface area contributed by atoms with Crippen molar-refractivity contribution < 1.29 is 19.4 Å². The van der Waals surface area contributed by atoms with E-state index in [0.29, 0.717) is 39.1 Å². The SMILES string of the molecule is CCCOc1cccc(CCNC(=O)N2CCC(C(=O)O)C2)c1. The lowest BCUT2D eigenvalue weighted by atomic mass is 10.1. The lowest BCUT2D eigenvalue weighted by Crippen LogP contribution is -2.39. The lowest BCUT2D eigenvalue weighted by molar-refractivity contribution is -0.141. The van der Waals surface area contributed by atoms with Gasteiger partial charge in [0.05, 0.1) is 12.5 Å². The molecule has 1 atom stereocenters. The largest absolute Gasteiger partial charge is 0.494 e. The van der Waals surface area contributed by atoms with E-state index >= 15 is 0 Å². The van der Waals surface area contributed by atoms with Crippen LogP contribution in [0.1, 0.15) is 25.3 Å². The van der Waals surface area contributed by atoms with Gasteiger partial charge in [0.1, 0.15) is 5.75 Å². The lowest BCUT2D eigenvalue weighted by Gasteiger charge is -2.16. The second kappa shape index (κ2) is 8.41. The van der Waals surface area contributed by atoms with Crippen LogP contribution in [0.5, 0.6) is 5.75 Å². The highest BCUT2D eigenvalue weighted by Crippen LogP contribution is 2.16. The Labute approximate surface area is 136 Å². The number of rotatable bonds is 7. The van der Waals surface area contributed by atoms with Gasteiger partial charge in [0, 0.05) is 19.6 Å². The molecular weight excluding hydrogens is 296 g/mol. The van der Waals surface area contributed by atoms with Crippen molar-refractivity contribution in [3.8, 4) is 5.75 Å². The molecule has 1 aromatic carbocycles. The second-order valence-electron chi connectivity index (χ2n) is 5.75. The minimum Gasteiger partial charge on any atom is -0.494 e. The van der Waals surface area contributed by atoms with E-state index in [1.54, 1.807) is 4.90 Å². The summed E-state index contributed by atoms with van der Waals surface area (Å²) in [7, 11) is 0. The van der Waals surface area contributed by atoms with Crippen LogP contribution in [0, 0.1) is 5.92 Å². The van der Waals surface area contributed by atoms with Crippen molar-refractivity contribution in [2.45, 2.75) is 26.2 Å². The molecule has 1 saturated heterocycles. The van der Waals surface area contributed by atoms with Crippen molar-refractivity contribution in [1.29, 1.82) is 0 Å². The van der Waals surface area contributed by atoms with Gasteiger partial charge < -0.3 is 20.1 Å². The van der Waals surface area contributed by atoms with E-state index in [9.17, 15) is 9.59 Å². The van der Waals surface area contributed by atoms with Crippen LogP contribution < -0.4 is 10.1 Å². The number of nitrogens with zero attached hydrogens (tertiary/aromatic N) is 1. The summed E-state index contributed by atoms with van der Waals surface area (Å²) in [6.45, 7) is 4.07. The summed E-state index contributed by atoms with van der Waals surface area (Å²) in [5, 5.41) is 11.8. The molecule has 0 saturated carbocycles. The third-order valence-corrected chi connectivity index (χ3v) is 3.89. The quantitative estimate of drug-likeness (QED) is 0.807. The number of carboxylic acid groups (broad SMARTS) is 1. The third-order valence-electron chi connectivity index (χ3n) is 3.89. The molecule has 0 bridgehead atoms. The fourth-order valence-corrected chi connectivity index (χ4v) is 2.58. The molecule has 2 rings (SSSR count). The van der Waals surface area contributed by atoms with Crippen LogP contribution in [0.15, 0.2) is 24.3 Å². The Morgan fingerprint density at radius 2 is 2.26 bits per heavy atom. The van der Waals surface area contributed by atoms with E-state index in [-0.39, 0.29) is 6.03 Å². The van der Waals surface area contributed by atoms with Crippen LogP contribution in [0.3, 0.4) is 0 Å². The molecule has 2 N–H and O–H groups in total. The molecule has 1 aliphatic rings. The number of aliphatic carboxylic acids is 1. The number of carbonyl (C=O) groups excluding carboxylic acids is 1. The van der Waals surface area contributed by atoms with E-state index in [2.05, 4.69) is 12.2 Å². The molecule has 23 heavy (non-hydrogen) atoms. The van der Waals surface area contributed by atoms with Crippen LogP contribution in [-0.2, 0) is 11.2 Å². The summed E-state index contributed by atoms with van der Waals surface area (Å²) in [6, 6.07) is 7.67. The number of carbonyl (C=O) groups is 2. The number of carboxylic acids is 1. The van der Waals surface area contributed by atoms with Crippen LogP contribution in [0.2, 0.25) is 0 Å². The van der Waals surface area contributed by atoms with Crippen molar-refractivity contribution >= 4 is 12.0 Å². The summed E-state index contributed by atoms with van der Waals surface area (Å²) in [6.07, 6.45) is 2.21. The summed E-state index contributed by atoms with van der Waals surface area (Å²) in [5.41, 5.74) is 1.10. The minimum absolute atomic E-state index is 0.188. The molecule has 1 unspecified atom stereocenters. The number of amides is 2. The Morgan fingerprint density at radius 3 is 2.96 bits per heavy atom. The molecule has 0 aromatic heterocycles. The molecule has 0 aliphatic carbocycles. The van der Waals surface area contributed by atoms with Crippen molar-refractivity contribution in [1.82, 2.24) is 10.2 Å². The van der Waals surface area contributed by atoms with E-state index in [1.807, 2.05) is 24.3 Å². The fourth-order valence-electron chi connectivity index (χ4n) is 2.58. The standard InChI is InChI=1S/C17H24N2O4/c1-2-10-23-15-5-3-4-13(11-15)6-8-18-17(22)19-9-7-14(12-19)16(20)21/h3-5,11,14H,2,6-10,12H2,1H3,(H,18,22)(H,20,21). The maximum atomic E-state index is 12.0. The van der Waals surface area contributed by atoms with Crippen LogP contribution >= 0.6 is 0 Å². The highest BCUT2D eigenvalue weighted by Gasteiger charge is 2.30. The van der Waals surface area contributed by atoms with Crippen molar-refractivity contribution in [2.24, 2.45) is 5.92 Å². The topological polar surface area (TPSA) is 78.9 Å². The molecule has 0 radical (unpaired) electrons. The van der Waals surface area contributed by atoms with Crippen LogP contribution in [-0.4, -0.2) is 48.2 Å². The molecule has 1 heterocycles. The van der Waals surface area contributed by atoms with Gasteiger partial charge in [-0.1, -0.05) is 19.1 Å². The summed E-state index contributed by atoms with van der Waals surface area (Å²) >= 11 is 0. The zero-order valence-electron chi connectivity index (χ0n) is 13.5. The Morgan fingerprint density at radius 1 is 1.43 bits per heavy atom. The fraction of sp³-hybridized carbons (Fsp3) is 0.529. The maximum Gasteiger partial charge on any atom is 0.317 e. The monoisotopic (exact) mass is 320 g/mol. The first-order valence-electron chi connectivity index (χ1n) is 8.07. The van der Waals surface area contributed by atoms with Gasteiger partial charge in [0.15, 0.2) is 0 Å². The molecule has 6 heteroatoms. The van der Waals surface area contributed by atoms with Gasteiger partial charge in [-0.3, -0.25) is 4.79 Å². The first-order valence-corrected chi connectivity index (χ1v) is 8.07.